The lowest BCUT2D eigenvalue weighted by Crippen LogP contribution is -2.25. The molecule has 2 rings (SSSR count). The van der Waals surface area contributed by atoms with Crippen LogP contribution in [0, 0.1) is 0 Å². The molecule has 2 nitrogen and oxygen atoms in total. The summed E-state index contributed by atoms with van der Waals surface area (Å²) in [6.45, 7) is 2.43. The minimum absolute atomic E-state index is 0.127. The first-order chi connectivity index (χ1) is 8.22. The maximum atomic E-state index is 11.4. The van der Waals surface area contributed by atoms with Gasteiger partial charge in [-0.25, -0.2) is 0 Å². The lowest BCUT2D eigenvalue weighted by atomic mass is 10.1. The SMILES string of the molecule is CC(=O)N1CCc2cc(C=CCCS)ccc21. The molecule has 0 aromatic heterocycles. The molecule has 0 radical (unpaired) electrons. The molecular weight excluding hydrogens is 230 g/mol. The highest BCUT2D eigenvalue weighted by Gasteiger charge is 2.21. The Kier molecular flexibility index (Phi) is 3.89. The van der Waals surface area contributed by atoms with Crippen molar-refractivity contribution < 1.29 is 4.79 Å². The van der Waals surface area contributed by atoms with Gasteiger partial charge in [0.15, 0.2) is 0 Å². The molecule has 3 heteroatoms. The second-order valence-corrected chi connectivity index (χ2v) is 4.67. The summed E-state index contributed by atoms with van der Waals surface area (Å²) in [6, 6.07) is 6.28. The third-order valence-electron chi connectivity index (χ3n) is 2.99. The van der Waals surface area contributed by atoms with Crippen LogP contribution in [0.4, 0.5) is 5.69 Å². The number of amides is 1. The summed E-state index contributed by atoms with van der Waals surface area (Å²) in [5, 5.41) is 0. The van der Waals surface area contributed by atoms with E-state index in [1.807, 2.05) is 11.0 Å². The average molecular weight is 247 g/mol. The molecule has 1 heterocycles. The van der Waals surface area contributed by atoms with Crippen LogP contribution in [0.3, 0.4) is 0 Å². The normalized spacial score (nSPS) is 14.4. The fourth-order valence-corrected chi connectivity index (χ4v) is 2.30. The second-order valence-electron chi connectivity index (χ2n) is 4.22. The van der Waals surface area contributed by atoms with E-state index < -0.39 is 0 Å². The third kappa shape index (κ3) is 2.72. The van der Waals surface area contributed by atoms with Gasteiger partial charge in [-0.15, -0.1) is 0 Å². The predicted octanol–water partition coefficient (Wildman–Crippen LogP) is 2.93. The minimum atomic E-state index is 0.127. The van der Waals surface area contributed by atoms with Crippen LogP contribution in [0.15, 0.2) is 24.3 Å². The standard InChI is InChI=1S/C14H17NOS/c1-11(16)15-8-7-13-10-12(4-2-3-9-17)5-6-14(13)15/h2,4-6,10,17H,3,7-9H2,1H3. The number of fused-ring (bicyclic) bond motifs is 1. The molecule has 1 amide bonds. The molecule has 0 fully saturated rings. The molecule has 90 valence electrons. The van der Waals surface area contributed by atoms with Crippen molar-refractivity contribution in [3.05, 3.63) is 35.4 Å². The average Bonchev–Trinajstić information content (AvgIpc) is 2.72. The van der Waals surface area contributed by atoms with E-state index in [0.29, 0.717) is 0 Å². The zero-order valence-corrected chi connectivity index (χ0v) is 10.9. The number of hydrogen-bond acceptors (Lipinski definition) is 2. The fraction of sp³-hybridized carbons (Fsp3) is 0.357. The van der Waals surface area contributed by atoms with Crippen molar-refractivity contribution in [3.8, 4) is 0 Å². The number of nitrogens with zero attached hydrogens (tertiary/aromatic N) is 1. The van der Waals surface area contributed by atoms with E-state index in [0.717, 1.165) is 30.8 Å². The molecule has 0 saturated carbocycles. The van der Waals surface area contributed by atoms with Gasteiger partial charge in [0.1, 0.15) is 0 Å². The molecule has 0 bridgehead atoms. The fourth-order valence-electron chi connectivity index (χ4n) is 2.15. The van der Waals surface area contributed by atoms with Crippen molar-refractivity contribution in [1.29, 1.82) is 0 Å². The maximum absolute atomic E-state index is 11.4. The van der Waals surface area contributed by atoms with Crippen LogP contribution in [0.2, 0.25) is 0 Å². The summed E-state index contributed by atoms with van der Waals surface area (Å²) in [4.78, 5) is 13.3. The van der Waals surface area contributed by atoms with Crippen molar-refractivity contribution in [2.45, 2.75) is 19.8 Å². The number of allylic oxidation sites excluding steroid dienone is 1. The summed E-state index contributed by atoms with van der Waals surface area (Å²) < 4.78 is 0. The summed E-state index contributed by atoms with van der Waals surface area (Å²) in [5.74, 6) is 1.00. The first-order valence-corrected chi connectivity index (χ1v) is 6.54. The molecule has 0 atom stereocenters. The summed E-state index contributed by atoms with van der Waals surface area (Å²) in [5.41, 5.74) is 3.55. The molecular formula is C14H17NOS. The van der Waals surface area contributed by atoms with Crippen molar-refractivity contribution in [2.75, 3.05) is 17.2 Å². The maximum Gasteiger partial charge on any atom is 0.223 e. The molecule has 0 unspecified atom stereocenters. The van der Waals surface area contributed by atoms with Gasteiger partial charge in [-0.05, 0) is 41.9 Å². The smallest absolute Gasteiger partial charge is 0.223 e. The molecule has 0 spiro atoms. The Morgan fingerprint density at radius 2 is 2.35 bits per heavy atom. The number of carbonyl (C=O) groups excluding carboxylic acids is 1. The van der Waals surface area contributed by atoms with Crippen molar-refractivity contribution in [3.63, 3.8) is 0 Å². The van der Waals surface area contributed by atoms with E-state index in [-0.39, 0.29) is 5.91 Å². The van der Waals surface area contributed by atoms with Crippen LogP contribution < -0.4 is 4.90 Å². The Morgan fingerprint density at radius 1 is 1.53 bits per heavy atom. The van der Waals surface area contributed by atoms with Crippen molar-refractivity contribution in [2.24, 2.45) is 0 Å². The van der Waals surface area contributed by atoms with Crippen LogP contribution in [0.1, 0.15) is 24.5 Å². The van der Waals surface area contributed by atoms with Crippen LogP contribution in [-0.2, 0) is 11.2 Å². The van der Waals surface area contributed by atoms with Gasteiger partial charge in [0, 0.05) is 19.2 Å². The van der Waals surface area contributed by atoms with E-state index in [9.17, 15) is 4.79 Å². The number of thiol groups is 1. The van der Waals surface area contributed by atoms with Crippen molar-refractivity contribution >= 4 is 30.3 Å². The quantitative estimate of drug-likeness (QED) is 0.814. The molecule has 1 aliphatic rings. The molecule has 0 N–H and O–H groups in total. The van der Waals surface area contributed by atoms with Crippen LogP contribution in [0.5, 0.6) is 0 Å². The zero-order chi connectivity index (χ0) is 12.3. The van der Waals surface area contributed by atoms with Gasteiger partial charge in [-0.2, -0.15) is 12.6 Å². The first kappa shape index (κ1) is 12.2. The Balaban J connectivity index is 2.19. The number of hydrogen-bond donors (Lipinski definition) is 1. The Hall–Kier alpha value is -1.22. The monoisotopic (exact) mass is 247 g/mol. The van der Waals surface area contributed by atoms with Gasteiger partial charge in [-0.3, -0.25) is 4.79 Å². The number of rotatable bonds is 3. The van der Waals surface area contributed by atoms with Gasteiger partial charge in [0.05, 0.1) is 0 Å². The van der Waals surface area contributed by atoms with E-state index in [1.54, 1.807) is 6.92 Å². The molecule has 1 aromatic rings. The first-order valence-electron chi connectivity index (χ1n) is 5.91. The topological polar surface area (TPSA) is 20.3 Å². The highest BCUT2D eigenvalue weighted by Crippen LogP contribution is 2.29. The molecule has 0 aliphatic carbocycles. The Labute approximate surface area is 108 Å². The highest BCUT2D eigenvalue weighted by molar-refractivity contribution is 7.80. The molecule has 1 aromatic carbocycles. The van der Waals surface area contributed by atoms with Crippen molar-refractivity contribution in [1.82, 2.24) is 0 Å². The largest absolute Gasteiger partial charge is 0.312 e. The van der Waals surface area contributed by atoms with Gasteiger partial charge in [-0.1, -0.05) is 18.2 Å². The van der Waals surface area contributed by atoms with E-state index >= 15 is 0 Å². The number of carbonyl (C=O) groups is 1. The lowest BCUT2D eigenvalue weighted by molar-refractivity contribution is -0.116. The van der Waals surface area contributed by atoms with E-state index in [2.05, 4.69) is 36.9 Å². The van der Waals surface area contributed by atoms with Crippen LogP contribution >= 0.6 is 12.6 Å². The lowest BCUT2D eigenvalue weighted by Gasteiger charge is -2.14. The molecule has 0 saturated heterocycles. The van der Waals surface area contributed by atoms with Crippen LogP contribution in [-0.4, -0.2) is 18.2 Å². The van der Waals surface area contributed by atoms with Gasteiger partial charge in [0.25, 0.3) is 0 Å². The number of benzene rings is 1. The van der Waals surface area contributed by atoms with Gasteiger partial charge < -0.3 is 4.90 Å². The van der Waals surface area contributed by atoms with Gasteiger partial charge in [0.2, 0.25) is 5.91 Å². The van der Waals surface area contributed by atoms with E-state index in [1.165, 1.54) is 11.1 Å². The Morgan fingerprint density at radius 3 is 3.06 bits per heavy atom. The number of anilines is 1. The third-order valence-corrected chi connectivity index (χ3v) is 3.24. The molecule has 1 aliphatic heterocycles. The minimum Gasteiger partial charge on any atom is -0.312 e. The van der Waals surface area contributed by atoms with Crippen LogP contribution in [0.25, 0.3) is 6.08 Å². The summed E-state index contributed by atoms with van der Waals surface area (Å²) in [7, 11) is 0. The Bertz CT molecular complexity index is 454. The van der Waals surface area contributed by atoms with E-state index in [4.69, 9.17) is 0 Å². The zero-order valence-electron chi connectivity index (χ0n) is 10.0. The molecule has 17 heavy (non-hydrogen) atoms. The summed E-state index contributed by atoms with van der Waals surface area (Å²) >= 11 is 4.17. The summed E-state index contributed by atoms with van der Waals surface area (Å²) in [6.07, 6.45) is 6.20. The van der Waals surface area contributed by atoms with Gasteiger partial charge >= 0.3 is 0 Å². The predicted molar refractivity (Wildman–Crippen MR) is 75.7 cm³/mol. The second kappa shape index (κ2) is 5.41. The highest BCUT2D eigenvalue weighted by atomic mass is 32.1.